The summed E-state index contributed by atoms with van der Waals surface area (Å²) < 4.78 is 5.22. The Morgan fingerprint density at radius 3 is 3.18 bits per heavy atom. The first kappa shape index (κ1) is 5.18. The summed E-state index contributed by atoms with van der Waals surface area (Å²) in [6.45, 7) is 0. The standard InChI is InChI=1S/C8H5NO2/c10-7-4-2-1-3-5-6(4)8(9-7)11-5/h1-3,8H,(H,9,10). The van der Waals surface area contributed by atoms with Crippen molar-refractivity contribution >= 4 is 5.91 Å². The fraction of sp³-hybridized carbons (Fsp3) is 0.125. The fourth-order valence-corrected chi connectivity index (χ4v) is 1.54. The predicted molar refractivity (Wildman–Crippen MR) is 37.3 cm³/mol. The molecule has 11 heavy (non-hydrogen) atoms. The van der Waals surface area contributed by atoms with E-state index in [-0.39, 0.29) is 12.1 Å². The van der Waals surface area contributed by atoms with Gasteiger partial charge in [-0.2, -0.15) is 0 Å². The van der Waals surface area contributed by atoms with Gasteiger partial charge in [0.1, 0.15) is 5.75 Å². The summed E-state index contributed by atoms with van der Waals surface area (Å²) >= 11 is 0. The average molecular weight is 147 g/mol. The van der Waals surface area contributed by atoms with Crippen molar-refractivity contribution in [2.75, 3.05) is 0 Å². The Hall–Kier alpha value is -1.51. The number of amides is 1. The molecule has 3 heteroatoms. The van der Waals surface area contributed by atoms with Crippen LogP contribution in [0.15, 0.2) is 18.2 Å². The number of nitrogens with one attached hydrogen (secondary N) is 1. The Morgan fingerprint density at radius 1 is 1.45 bits per heavy atom. The number of carbonyl (C=O) groups is 1. The van der Waals surface area contributed by atoms with Crippen molar-refractivity contribution in [2.24, 2.45) is 0 Å². The molecule has 3 rings (SSSR count). The van der Waals surface area contributed by atoms with Crippen LogP contribution in [0, 0.1) is 0 Å². The molecule has 1 unspecified atom stereocenters. The largest absolute Gasteiger partial charge is 0.466 e. The maximum Gasteiger partial charge on any atom is 0.254 e. The smallest absolute Gasteiger partial charge is 0.254 e. The Bertz CT molecular complexity index is 359. The SMILES string of the molecule is O=C1NC2Oc3cccc1c32. The Balaban J connectivity index is 2.37. The molecule has 2 aliphatic heterocycles. The van der Waals surface area contributed by atoms with E-state index in [9.17, 15) is 4.79 Å². The van der Waals surface area contributed by atoms with Crippen LogP contribution in [0.4, 0.5) is 0 Å². The molecule has 1 amide bonds. The molecule has 1 aromatic carbocycles. The minimum atomic E-state index is -0.159. The summed E-state index contributed by atoms with van der Waals surface area (Å²) in [6.07, 6.45) is -0.159. The number of rotatable bonds is 0. The highest BCUT2D eigenvalue weighted by Gasteiger charge is 2.39. The van der Waals surface area contributed by atoms with Crippen molar-refractivity contribution < 1.29 is 9.53 Å². The lowest BCUT2D eigenvalue weighted by Crippen LogP contribution is -2.28. The zero-order chi connectivity index (χ0) is 7.42. The maximum absolute atomic E-state index is 11.1. The van der Waals surface area contributed by atoms with E-state index in [1.165, 1.54) is 0 Å². The Kier molecular flexibility index (Phi) is 0.656. The van der Waals surface area contributed by atoms with Crippen molar-refractivity contribution in [3.05, 3.63) is 29.3 Å². The number of hydrogen-bond donors (Lipinski definition) is 1. The van der Waals surface area contributed by atoms with Crippen molar-refractivity contribution in [2.45, 2.75) is 6.23 Å². The van der Waals surface area contributed by atoms with Crippen LogP contribution in [0.5, 0.6) is 5.75 Å². The number of carbonyl (C=O) groups excluding carboxylic acids is 1. The van der Waals surface area contributed by atoms with E-state index in [1.807, 2.05) is 18.2 Å². The van der Waals surface area contributed by atoms with Crippen LogP contribution in [-0.2, 0) is 0 Å². The molecule has 1 atom stereocenters. The highest BCUT2D eigenvalue weighted by molar-refractivity contribution is 6.00. The second-order valence-corrected chi connectivity index (χ2v) is 2.69. The highest BCUT2D eigenvalue weighted by Crippen LogP contribution is 2.43. The van der Waals surface area contributed by atoms with E-state index < -0.39 is 0 Å². The number of ether oxygens (including phenoxy) is 1. The van der Waals surface area contributed by atoms with Gasteiger partial charge in [-0.1, -0.05) is 6.07 Å². The van der Waals surface area contributed by atoms with E-state index in [1.54, 1.807) is 0 Å². The van der Waals surface area contributed by atoms with E-state index in [0.717, 1.165) is 16.9 Å². The van der Waals surface area contributed by atoms with Gasteiger partial charge in [-0.25, -0.2) is 0 Å². The summed E-state index contributed by atoms with van der Waals surface area (Å²) in [5, 5.41) is 2.70. The zero-order valence-corrected chi connectivity index (χ0v) is 5.63. The van der Waals surface area contributed by atoms with Crippen molar-refractivity contribution in [1.29, 1.82) is 0 Å². The van der Waals surface area contributed by atoms with Crippen LogP contribution in [0.3, 0.4) is 0 Å². The molecule has 0 radical (unpaired) electrons. The van der Waals surface area contributed by atoms with Crippen LogP contribution in [-0.4, -0.2) is 5.91 Å². The van der Waals surface area contributed by atoms with E-state index in [4.69, 9.17) is 4.74 Å². The van der Waals surface area contributed by atoms with Crippen molar-refractivity contribution in [3.8, 4) is 5.75 Å². The van der Waals surface area contributed by atoms with Gasteiger partial charge >= 0.3 is 0 Å². The molecular formula is C8H5NO2. The molecule has 0 bridgehead atoms. The Labute approximate surface area is 63.0 Å². The lowest BCUT2D eigenvalue weighted by Gasteiger charge is -2.25. The quantitative estimate of drug-likeness (QED) is 0.590. The minimum absolute atomic E-state index is 0.0237. The number of benzene rings is 1. The van der Waals surface area contributed by atoms with E-state index in [2.05, 4.69) is 5.32 Å². The minimum Gasteiger partial charge on any atom is -0.466 e. The molecule has 0 saturated heterocycles. The van der Waals surface area contributed by atoms with Gasteiger partial charge in [0.2, 0.25) is 6.23 Å². The summed E-state index contributed by atoms with van der Waals surface area (Å²) in [4.78, 5) is 11.1. The van der Waals surface area contributed by atoms with Gasteiger partial charge in [0.25, 0.3) is 5.91 Å². The van der Waals surface area contributed by atoms with Crippen LogP contribution < -0.4 is 10.1 Å². The van der Waals surface area contributed by atoms with Gasteiger partial charge in [-0.3, -0.25) is 4.79 Å². The molecule has 0 fully saturated rings. The van der Waals surface area contributed by atoms with Crippen LogP contribution >= 0.6 is 0 Å². The van der Waals surface area contributed by atoms with Gasteiger partial charge in [0, 0.05) is 0 Å². The molecular weight excluding hydrogens is 142 g/mol. The van der Waals surface area contributed by atoms with Crippen LogP contribution in [0.1, 0.15) is 22.1 Å². The third-order valence-electron chi connectivity index (χ3n) is 2.08. The monoisotopic (exact) mass is 147 g/mol. The van der Waals surface area contributed by atoms with Gasteiger partial charge in [0.05, 0.1) is 11.1 Å². The van der Waals surface area contributed by atoms with Gasteiger partial charge < -0.3 is 10.1 Å². The average Bonchev–Trinajstić information content (AvgIpc) is 2.25. The molecule has 1 aromatic rings. The molecule has 0 aliphatic carbocycles. The molecule has 3 nitrogen and oxygen atoms in total. The first-order chi connectivity index (χ1) is 5.36. The fourth-order valence-electron chi connectivity index (χ4n) is 1.54. The normalized spacial score (nSPS) is 23.3. The van der Waals surface area contributed by atoms with E-state index in [0.29, 0.717) is 0 Å². The van der Waals surface area contributed by atoms with Gasteiger partial charge in [-0.15, -0.1) is 0 Å². The molecule has 2 heterocycles. The molecule has 2 aliphatic rings. The van der Waals surface area contributed by atoms with Gasteiger partial charge in [0.15, 0.2) is 0 Å². The van der Waals surface area contributed by atoms with Crippen molar-refractivity contribution in [1.82, 2.24) is 5.32 Å². The third kappa shape index (κ3) is 0.441. The lowest BCUT2D eigenvalue weighted by atomic mass is 10.1. The number of hydrogen-bond acceptors (Lipinski definition) is 2. The second kappa shape index (κ2) is 1.39. The molecule has 1 N–H and O–H groups in total. The van der Waals surface area contributed by atoms with E-state index >= 15 is 0 Å². The lowest BCUT2D eigenvalue weighted by molar-refractivity contribution is 0.0823. The summed E-state index contributed by atoms with van der Waals surface area (Å²) in [5.74, 6) is 0.815. The molecule has 0 aromatic heterocycles. The van der Waals surface area contributed by atoms with Crippen molar-refractivity contribution in [3.63, 3.8) is 0 Å². The topological polar surface area (TPSA) is 38.3 Å². The molecule has 54 valence electrons. The Morgan fingerprint density at radius 2 is 2.36 bits per heavy atom. The summed E-state index contributed by atoms with van der Waals surface area (Å²) in [5.41, 5.74) is 1.79. The predicted octanol–water partition coefficient (Wildman–Crippen LogP) is 0.821. The second-order valence-electron chi connectivity index (χ2n) is 2.69. The highest BCUT2D eigenvalue weighted by atomic mass is 16.5. The van der Waals surface area contributed by atoms with Crippen LogP contribution in [0.25, 0.3) is 0 Å². The first-order valence-corrected chi connectivity index (χ1v) is 3.47. The van der Waals surface area contributed by atoms with Gasteiger partial charge in [-0.05, 0) is 12.1 Å². The van der Waals surface area contributed by atoms with Crippen LogP contribution in [0.2, 0.25) is 0 Å². The summed E-state index contributed by atoms with van der Waals surface area (Å²) in [6, 6.07) is 5.52. The molecule has 0 saturated carbocycles. The third-order valence-corrected chi connectivity index (χ3v) is 2.08. The zero-order valence-electron chi connectivity index (χ0n) is 5.63. The molecule has 0 spiro atoms. The maximum atomic E-state index is 11.1. The first-order valence-electron chi connectivity index (χ1n) is 3.47. The summed E-state index contributed by atoms with van der Waals surface area (Å²) in [7, 11) is 0.